The van der Waals surface area contributed by atoms with Gasteiger partial charge >= 0.3 is 5.97 Å². The highest BCUT2D eigenvalue weighted by Crippen LogP contribution is 2.25. The number of carboxylic acid groups (broad SMARTS) is 1. The van der Waals surface area contributed by atoms with Crippen molar-refractivity contribution in [1.82, 2.24) is 5.48 Å². The molecule has 0 amide bonds. The molecular formula is C9H10NO5-. The van der Waals surface area contributed by atoms with E-state index in [2.05, 4.69) is 0 Å². The first-order valence-electron chi connectivity index (χ1n) is 4.16. The van der Waals surface area contributed by atoms with E-state index >= 15 is 0 Å². The molecule has 1 atom stereocenters. The average Bonchev–Trinajstić information content (AvgIpc) is 2.19. The Labute approximate surface area is 85.4 Å². The predicted molar refractivity (Wildman–Crippen MR) is 51.4 cm³/mol. The van der Waals surface area contributed by atoms with Gasteiger partial charge in [-0.2, -0.15) is 0 Å². The predicted octanol–water partition coefficient (Wildman–Crippen LogP) is 0.181. The third kappa shape index (κ3) is 2.83. The van der Waals surface area contributed by atoms with E-state index in [0.29, 0.717) is 5.56 Å². The van der Waals surface area contributed by atoms with Gasteiger partial charge in [-0.3, -0.25) is 4.79 Å². The van der Waals surface area contributed by atoms with E-state index in [4.69, 9.17) is 15.3 Å². The molecule has 6 heteroatoms. The van der Waals surface area contributed by atoms with E-state index in [1.807, 2.05) is 0 Å². The maximum absolute atomic E-state index is 10.5. The first-order chi connectivity index (χ1) is 7.04. The summed E-state index contributed by atoms with van der Waals surface area (Å²) in [5, 5.41) is 37.0. The summed E-state index contributed by atoms with van der Waals surface area (Å²) in [5.74, 6) is -1.90. The number of hydrogen-bond acceptors (Lipinski definition) is 5. The van der Waals surface area contributed by atoms with Crippen LogP contribution in [0.1, 0.15) is 5.56 Å². The maximum atomic E-state index is 10.5. The number of nitrogens with one attached hydrogen (secondary N) is 1. The fourth-order valence-corrected chi connectivity index (χ4v) is 1.11. The highest BCUT2D eigenvalue weighted by molar-refractivity contribution is 5.74. The normalized spacial score (nSPS) is 12.3. The molecule has 4 N–H and O–H groups in total. The lowest BCUT2D eigenvalue weighted by Gasteiger charge is -2.17. The highest BCUT2D eigenvalue weighted by Gasteiger charge is 2.14. The van der Waals surface area contributed by atoms with Crippen LogP contribution in [-0.4, -0.2) is 27.3 Å². The number of aromatic hydroxyl groups is 2. The Kier molecular flexibility index (Phi) is 3.48. The van der Waals surface area contributed by atoms with Crippen LogP contribution in [0.25, 0.3) is 0 Å². The average molecular weight is 212 g/mol. The summed E-state index contributed by atoms with van der Waals surface area (Å²) in [6.07, 6.45) is -0.0628. The van der Waals surface area contributed by atoms with Crippen LogP contribution in [0.4, 0.5) is 0 Å². The number of hydrogen-bond donors (Lipinski definition) is 4. The molecule has 0 aliphatic heterocycles. The van der Waals surface area contributed by atoms with Crippen LogP contribution in [-0.2, 0) is 11.2 Å². The minimum Gasteiger partial charge on any atom is -0.787 e. The highest BCUT2D eigenvalue weighted by atomic mass is 16.5. The fraction of sp³-hybridized carbons (Fsp3) is 0.222. The molecule has 0 bridgehead atoms. The monoisotopic (exact) mass is 212 g/mol. The van der Waals surface area contributed by atoms with Crippen LogP contribution in [0.15, 0.2) is 18.2 Å². The first-order valence-corrected chi connectivity index (χ1v) is 4.16. The van der Waals surface area contributed by atoms with Gasteiger partial charge in [-0.15, -0.1) is 0 Å². The molecule has 0 aromatic heterocycles. The molecule has 0 radical (unpaired) electrons. The Bertz CT molecular complexity index is 366. The number of carbonyl (C=O) groups is 1. The quantitative estimate of drug-likeness (QED) is 0.418. The van der Waals surface area contributed by atoms with Gasteiger partial charge in [-0.05, 0) is 24.1 Å². The van der Waals surface area contributed by atoms with Gasteiger partial charge in [0, 0.05) is 0 Å². The van der Waals surface area contributed by atoms with E-state index < -0.39 is 12.0 Å². The van der Waals surface area contributed by atoms with Crippen molar-refractivity contribution in [2.24, 2.45) is 0 Å². The largest absolute Gasteiger partial charge is 0.787 e. The van der Waals surface area contributed by atoms with Crippen molar-refractivity contribution >= 4 is 5.97 Å². The minimum atomic E-state index is -1.27. The fourth-order valence-electron chi connectivity index (χ4n) is 1.11. The molecule has 0 spiro atoms. The molecular weight excluding hydrogens is 202 g/mol. The van der Waals surface area contributed by atoms with Crippen molar-refractivity contribution in [1.29, 1.82) is 0 Å². The summed E-state index contributed by atoms with van der Waals surface area (Å²) < 4.78 is 0. The lowest BCUT2D eigenvalue weighted by molar-refractivity contribution is -0.139. The number of hydroxylamine groups is 1. The summed E-state index contributed by atoms with van der Waals surface area (Å²) in [4.78, 5) is 10.5. The van der Waals surface area contributed by atoms with Crippen molar-refractivity contribution in [3.05, 3.63) is 29.0 Å². The molecule has 0 unspecified atom stereocenters. The number of carboxylic acids is 1. The summed E-state index contributed by atoms with van der Waals surface area (Å²) >= 11 is 0. The van der Waals surface area contributed by atoms with Crippen LogP contribution >= 0.6 is 0 Å². The molecule has 0 saturated carbocycles. The Morgan fingerprint density at radius 1 is 1.40 bits per heavy atom. The first kappa shape index (κ1) is 11.3. The van der Waals surface area contributed by atoms with Crippen molar-refractivity contribution < 1.29 is 20.1 Å². The number of phenols is 2. The second kappa shape index (κ2) is 4.63. The third-order valence-corrected chi connectivity index (χ3v) is 1.92. The SMILES string of the molecule is O=C(O)[C@@H](Cc1ccc(O)c(O)c1)N[O-]. The van der Waals surface area contributed by atoms with Gasteiger partial charge in [0.15, 0.2) is 11.5 Å². The number of benzene rings is 1. The van der Waals surface area contributed by atoms with Gasteiger partial charge in [-0.25, -0.2) is 0 Å². The molecule has 0 aliphatic rings. The summed E-state index contributed by atoms with van der Waals surface area (Å²) in [7, 11) is 0. The van der Waals surface area contributed by atoms with Crippen LogP contribution in [0.5, 0.6) is 11.5 Å². The Morgan fingerprint density at radius 2 is 2.07 bits per heavy atom. The van der Waals surface area contributed by atoms with Crippen LogP contribution in [0.3, 0.4) is 0 Å². The van der Waals surface area contributed by atoms with Gasteiger partial charge in [0.2, 0.25) is 0 Å². The molecule has 0 heterocycles. The Balaban J connectivity index is 2.80. The zero-order valence-electron chi connectivity index (χ0n) is 7.67. The van der Waals surface area contributed by atoms with Crippen molar-refractivity contribution in [3.8, 4) is 11.5 Å². The zero-order chi connectivity index (χ0) is 11.4. The Hall–Kier alpha value is -1.79. The third-order valence-electron chi connectivity index (χ3n) is 1.92. The van der Waals surface area contributed by atoms with Crippen molar-refractivity contribution in [2.45, 2.75) is 12.5 Å². The molecule has 1 rings (SSSR count). The second-order valence-corrected chi connectivity index (χ2v) is 3.04. The molecule has 0 saturated heterocycles. The second-order valence-electron chi connectivity index (χ2n) is 3.04. The molecule has 1 aromatic rings. The molecule has 15 heavy (non-hydrogen) atoms. The van der Waals surface area contributed by atoms with Crippen LogP contribution in [0.2, 0.25) is 0 Å². The lowest BCUT2D eigenvalue weighted by atomic mass is 10.1. The smallest absolute Gasteiger partial charge is 0.320 e. The summed E-state index contributed by atoms with van der Waals surface area (Å²) in [6.45, 7) is 0. The Morgan fingerprint density at radius 3 is 2.53 bits per heavy atom. The maximum Gasteiger partial charge on any atom is 0.320 e. The van der Waals surface area contributed by atoms with Crippen molar-refractivity contribution in [3.63, 3.8) is 0 Å². The summed E-state index contributed by atoms with van der Waals surface area (Å²) in [6, 6.07) is 2.62. The molecule has 82 valence electrons. The van der Waals surface area contributed by atoms with Gasteiger partial charge in [0.25, 0.3) is 0 Å². The van der Waals surface area contributed by atoms with E-state index in [-0.39, 0.29) is 17.9 Å². The van der Waals surface area contributed by atoms with Gasteiger partial charge in [0.05, 0.1) is 6.04 Å². The topological polar surface area (TPSA) is 113 Å². The molecule has 1 aromatic carbocycles. The lowest BCUT2D eigenvalue weighted by Crippen LogP contribution is -2.34. The van der Waals surface area contributed by atoms with Gasteiger partial charge in [-0.1, -0.05) is 6.07 Å². The zero-order valence-corrected chi connectivity index (χ0v) is 7.67. The van der Waals surface area contributed by atoms with E-state index in [9.17, 15) is 10.0 Å². The van der Waals surface area contributed by atoms with E-state index in [0.717, 1.165) is 0 Å². The standard InChI is InChI=1S/C9H10NO5/c11-7-2-1-5(4-8(7)12)3-6(10-15)9(13)14/h1-2,4,6,10-12H,3H2,(H,13,14)/q-1/t6-/m1/s1. The number of aliphatic carboxylic acids is 1. The van der Waals surface area contributed by atoms with Crippen LogP contribution in [0, 0.1) is 5.21 Å². The van der Waals surface area contributed by atoms with Gasteiger partial charge < -0.3 is 26.0 Å². The van der Waals surface area contributed by atoms with Crippen molar-refractivity contribution in [2.75, 3.05) is 0 Å². The number of rotatable bonds is 4. The van der Waals surface area contributed by atoms with E-state index in [1.54, 1.807) is 0 Å². The molecule has 0 aliphatic carbocycles. The summed E-state index contributed by atoms with van der Waals surface area (Å²) in [5.41, 5.74) is 1.84. The van der Waals surface area contributed by atoms with Crippen LogP contribution < -0.4 is 5.48 Å². The van der Waals surface area contributed by atoms with Gasteiger partial charge in [0.1, 0.15) is 0 Å². The molecule has 6 nitrogen and oxygen atoms in total. The minimum absolute atomic E-state index is 0.0628. The van der Waals surface area contributed by atoms with E-state index in [1.165, 1.54) is 23.7 Å². The molecule has 0 fully saturated rings. The number of phenolic OH excluding ortho intramolecular Hbond substituents is 2.